The van der Waals surface area contributed by atoms with Crippen LogP contribution in [0.15, 0.2) is 5.16 Å². The number of amidine groups is 1. The molecule has 0 amide bonds. The Hall–Kier alpha value is -0.850. The molecule has 0 aliphatic carbocycles. The largest absolute Gasteiger partial charge is 0.409 e. The molecule has 6 nitrogen and oxygen atoms in total. The van der Waals surface area contributed by atoms with E-state index >= 15 is 0 Å². The molecule has 0 aromatic rings. The number of ether oxygens (including phenoxy) is 2. The lowest BCUT2D eigenvalue weighted by molar-refractivity contribution is 0.0800. The SMILES string of the molecule is CCOCCN(CCOCC)CC(C)C(N)=NO. The van der Waals surface area contributed by atoms with Crippen LogP contribution in [0, 0.1) is 5.92 Å². The summed E-state index contributed by atoms with van der Waals surface area (Å²) in [5, 5.41) is 11.7. The van der Waals surface area contributed by atoms with Crippen molar-refractivity contribution in [3.63, 3.8) is 0 Å². The summed E-state index contributed by atoms with van der Waals surface area (Å²) in [6, 6.07) is 0. The van der Waals surface area contributed by atoms with Crippen LogP contribution in [0.4, 0.5) is 0 Å². The third kappa shape index (κ3) is 8.27. The molecule has 0 heterocycles. The van der Waals surface area contributed by atoms with E-state index in [-0.39, 0.29) is 11.8 Å². The van der Waals surface area contributed by atoms with Gasteiger partial charge in [0.1, 0.15) is 5.84 Å². The Kier molecular flexibility index (Phi) is 10.7. The van der Waals surface area contributed by atoms with Gasteiger partial charge < -0.3 is 20.4 Å². The van der Waals surface area contributed by atoms with Crippen LogP contribution >= 0.6 is 0 Å². The zero-order chi connectivity index (χ0) is 13.8. The van der Waals surface area contributed by atoms with Crippen LogP contribution in [-0.4, -0.2) is 62.0 Å². The average Bonchev–Trinajstić information content (AvgIpc) is 2.37. The van der Waals surface area contributed by atoms with Gasteiger partial charge in [-0.2, -0.15) is 0 Å². The Bertz CT molecular complexity index is 215. The third-order valence-corrected chi connectivity index (χ3v) is 2.66. The molecule has 0 radical (unpaired) electrons. The topological polar surface area (TPSA) is 80.3 Å². The summed E-state index contributed by atoms with van der Waals surface area (Å²) in [5.74, 6) is 0.270. The number of hydrogen-bond donors (Lipinski definition) is 2. The molecule has 108 valence electrons. The summed E-state index contributed by atoms with van der Waals surface area (Å²) >= 11 is 0. The van der Waals surface area contributed by atoms with Crippen LogP contribution in [0.5, 0.6) is 0 Å². The summed E-state index contributed by atoms with van der Waals surface area (Å²) in [5.41, 5.74) is 5.59. The number of hydrogen-bond acceptors (Lipinski definition) is 5. The van der Waals surface area contributed by atoms with Crippen molar-refractivity contribution < 1.29 is 14.7 Å². The van der Waals surface area contributed by atoms with Gasteiger partial charge in [-0.25, -0.2) is 0 Å². The fraction of sp³-hybridized carbons (Fsp3) is 0.917. The second-order valence-corrected chi connectivity index (χ2v) is 4.12. The molecule has 0 spiro atoms. The molecule has 0 fully saturated rings. The quantitative estimate of drug-likeness (QED) is 0.188. The van der Waals surface area contributed by atoms with Crippen LogP contribution in [0.1, 0.15) is 20.8 Å². The van der Waals surface area contributed by atoms with E-state index in [4.69, 9.17) is 20.4 Å². The van der Waals surface area contributed by atoms with E-state index in [1.165, 1.54) is 0 Å². The maximum Gasteiger partial charge on any atom is 0.143 e. The number of oxime groups is 1. The van der Waals surface area contributed by atoms with E-state index in [0.29, 0.717) is 13.2 Å². The molecule has 0 saturated carbocycles. The standard InChI is InChI=1S/C12H27N3O3/c1-4-17-8-6-15(7-9-18-5-2)10-11(3)12(13)14-16/h11,16H,4-10H2,1-3H3,(H2,13,14). The minimum absolute atomic E-state index is 0.0123. The predicted octanol–water partition coefficient (Wildman–Crippen LogP) is 0.744. The molecule has 0 aromatic carbocycles. The Morgan fingerprint density at radius 2 is 1.72 bits per heavy atom. The van der Waals surface area contributed by atoms with Crippen LogP contribution in [0.3, 0.4) is 0 Å². The van der Waals surface area contributed by atoms with Gasteiger partial charge in [0.2, 0.25) is 0 Å². The second-order valence-electron chi connectivity index (χ2n) is 4.12. The van der Waals surface area contributed by atoms with Gasteiger partial charge in [-0.1, -0.05) is 12.1 Å². The summed E-state index contributed by atoms with van der Waals surface area (Å²) in [7, 11) is 0. The van der Waals surface area contributed by atoms with E-state index in [9.17, 15) is 0 Å². The van der Waals surface area contributed by atoms with Gasteiger partial charge in [-0.3, -0.25) is 4.90 Å². The highest BCUT2D eigenvalue weighted by molar-refractivity contribution is 5.82. The summed E-state index contributed by atoms with van der Waals surface area (Å²) in [6.07, 6.45) is 0. The molecular formula is C12H27N3O3. The van der Waals surface area contributed by atoms with Crippen molar-refractivity contribution in [2.75, 3.05) is 46.1 Å². The van der Waals surface area contributed by atoms with Crippen molar-refractivity contribution in [3.8, 4) is 0 Å². The molecule has 0 rings (SSSR count). The Labute approximate surface area is 110 Å². The predicted molar refractivity (Wildman–Crippen MR) is 72.0 cm³/mol. The van der Waals surface area contributed by atoms with Crippen molar-refractivity contribution >= 4 is 5.84 Å². The molecular weight excluding hydrogens is 234 g/mol. The lowest BCUT2D eigenvalue weighted by Gasteiger charge is -2.24. The van der Waals surface area contributed by atoms with E-state index in [2.05, 4.69) is 10.1 Å². The first-order valence-corrected chi connectivity index (χ1v) is 6.50. The van der Waals surface area contributed by atoms with Gasteiger partial charge in [0.05, 0.1) is 13.2 Å². The summed E-state index contributed by atoms with van der Waals surface area (Å²) in [6.45, 7) is 11.1. The molecule has 0 aromatic heterocycles. The summed E-state index contributed by atoms with van der Waals surface area (Å²) in [4.78, 5) is 2.20. The van der Waals surface area contributed by atoms with Crippen molar-refractivity contribution in [3.05, 3.63) is 0 Å². The Balaban J connectivity index is 4.09. The Morgan fingerprint density at radius 3 is 2.11 bits per heavy atom. The first kappa shape index (κ1) is 17.2. The molecule has 0 aliphatic heterocycles. The van der Waals surface area contributed by atoms with Crippen molar-refractivity contribution in [1.29, 1.82) is 0 Å². The van der Waals surface area contributed by atoms with Crippen molar-refractivity contribution in [2.24, 2.45) is 16.8 Å². The normalized spacial score (nSPS) is 14.1. The zero-order valence-electron chi connectivity index (χ0n) is 11.8. The van der Waals surface area contributed by atoms with E-state index in [1.54, 1.807) is 0 Å². The van der Waals surface area contributed by atoms with Gasteiger partial charge in [0, 0.05) is 38.8 Å². The van der Waals surface area contributed by atoms with Crippen LogP contribution in [0.25, 0.3) is 0 Å². The molecule has 6 heteroatoms. The molecule has 3 N–H and O–H groups in total. The Morgan fingerprint density at radius 1 is 1.22 bits per heavy atom. The highest BCUT2D eigenvalue weighted by atomic mass is 16.5. The minimum atomic E-state index is 0.0123. The minimum Gasteiger partial charge on any atom is -0.409 e. The van der Waals surface area contributed by atoms with Gasteiger partial charge in [-0.05, 0) is 13.8 Å². The number of rotatable bonds is 11. The summed E-state index contributed by atoms with van der Waals surface area (Å²) < 4.78 is 10.7. The first-order chi connectivity index (χ1) is 8.65. The van der Waals surface area contributed by atoms with Crippen LogP contribution in [-0.2, 0) is 9.47 Å². The van der Waals surface area contributed by atoms with Gasteiger partial charge >= 0.3 is 0 Å². The molecule has 0 saturated heterocycles. The third-order valence-electron chi connectivity index (χ3n) is 2.66. The second kappa shape index (κ2) is 11.3. The highest BCUT2D eigenvalue weighted by Crippen LogP contribution is 2.01. The van der Waals surface area contributed by atoms with E-state index < -0.39 is 0 Å². The van der Waals surface area contributed by atoms with Crippen LogP contribution in [0.2, 0.25) is 0 Å². The van der Waals surface area contributed by atoms with Gasteiger partial charge in [-0.15, -0.1) is 0 Å². The molecule has 1 atom stereocenters. The van der Waals surface area contributed by atoms with Crippen LogP contribution < -0.4 is 5.73 Å². The molecule has 0 bridgehead atoms. The lowest BCUT2D eigenvalue weighted by Crippen LogP contribution is -2.38. The van der Waals surface area contributed by atoms with E-state index in [0.717, 1.165) is 32.8 Å². The fourth-order valence-electron chi connectivity index (χ4n) is 1.55. The lowest BCUT2D eigenvalue weighted by atomic mass is 10.1. The maximum absolute atomic E-state index is 8.64. The molecule has 0 aliphatic rings. The van der Waals surface area contributed by atoms with Crippen molar-refractivity contribution in [2.45, 2.75) is 20.8 Å². The average molecular weight is 261 g/mol. The first-order valence-electron chi connectivity index (χ1n) is 6.50. The smallest absolute Gasteiger partial charge is 0.143 e. The number of nitrogens with zero attached hydrogens (tertiary/aromatic N) is 2. The maximum atomic E-state index is 8.64. The monoisotopic (exact) mass is 261 g/mol. The van der Waals surface area contributed by atoms with Crippen molar-refractivity contribution in [1.82, 2.24) is 4.90 Å². The van der Waals surface area contributed by atoms with E-state index in [1.807, 2.05) is 20.8 Å². The van der Waals surface area contributed by atoms with Gasteiger partial charge in [0.25, 0.3) is 0 Å². The fourth-order valence-corrected chi connectivity index (χ4v) is 1.55. The molecule has 1 unspecified atom stereocenters. The number of nitrogens with two attached hydrogens (primary N) is 1. The highest BCUT2D eigenvalue weighted by Gasteiger charge is 2.13. The van der Waals surface area contributed by atoms with Gasteiger partial charge in [0.15, 0.2) is 0 Å². The molecule has 18 heavy (non-hydrogen) atoms. The zero-order valence-corrected chi connectivity index (χ0v) is 11.8.